The second-order valence-electron chi connectivity index (χ2n) is 5.96. The standard InChI is InChI=1S/C16H22N2O2S/c1-13-8-10-18(11-9-13)21(19,20)16-6-2-14(3-7-16)12-17-15-4-5-15/h2-3,6-8,15,17H,4-5,9-12H2,1H3. The predicted molar refractivity (Wildman–Crippen MR) is 83.4 cm³/mol. The second kappa shape index (κ2) is 5.91. The van der Waals surface area contributed by atoms with Crippen LogP contribution in [0.3, 0.4) is 0 Å². The van der Waals surface area contributed by atoms with Crippen LogP contribution in [0.2, 0.25) is 0 Å². The van der Waals surface area contributed by atoms with Crippen molar-refractivity contribution >= 4 is 10.0 Å². The van der Waals surface area contributed by atoms with Crippen LogP contribution in [0.15, 0.2) is 40.8 Å². The average molecular weight is 306 g/mol. The van der Waals surface area contributed by atoms with E-state index in [1.54, 1.807) is 16.4 Å². The molecule has 1 saturated carbocycles. The van der Waals surface area contributed by atoms with Crippen molar-refractivity contribution in [1.29, 1.82) is 0 Å². The third-order valence-electron chi connectivity index (χ3n) is 4.13. The molecule has 2 aliphatic rings. The lowest BCUT2D eigenvalue weighted by Crippen LogP contribution is -2.34. The van der Waals surface area contributed by atoms with Crippen LogP contribution in [0.1, 0.15) is 31.7 Å². The summed E-state index contributed by atoms with van der Waals surface area (Å²) in [6.45, 7) is 3.93. The number of hydrogen-bond acceptors (Lipinski definition) is 3. The molecule has 0 saturated heterocycles. The highest BCUT2D eigenvalue weighted by Crippen LogP contribution is 2.22. The summed E-state index contributed by atoms with van der Waals surface area (Å²) in [6, 6.07) is 7.94. The van der Waals surface area contributed by atoms with Crippen LogP contribution in [0.5, 0.6) is 0 Å². The molecule has 0 atom stereocenters. The molecule has 1 aliphatic heterocycles. The molecule has 3 rings (SSSR count). The van der Waals surface area contributed by atoms with E-state index in [-0.39, 0.29) is 0 Å². The first-order valence-electron chi connectivity index (χ1n) is 7.54. The van der Waals surface area contributed by atoms with E-state index < -0.39 is 10.0 Å². The fraction of sp³-hybridized carbons (Fsp3) is 0.500. The highest BCUT2D eigenvalue weighted by Gasteiger charge is 2.25. The summed E-state index contributed by atoms with van der Waals surface area (Å²) in [4.78, 5) is 0.394. The summed E-state index contributed by atoms with van der Waals surface area (Å²) in [5, 5.41) is 3.43. The highest BCUT2D eigenvalue weighted by atomic mass is 32.2. The summed E-state index contributed by atoms with van der Waals surface area (Å²) in [5.41, 5.74) is 2.40. The first-order valence-corrected chi connectivity index (χ1v) is 8.98. The van der Waals surface area contributed by atoms with Gasteiger partial charge in [0.2, 0.25) is 10.0 Å². The monoisotopic (exact) mass is 306 g/mol. The van der Waals surface area contributed by atoms with E-state index in [9.17, 15) is 8.42 Å². The van der Waals surface area contributed by atoms with Crippen molar-refractivity contribution in [3.8, 4) is 0 Å². The van der Waals surface area contributed by atoms with Gasteiger partial charge in [-0.05, 0) is 43.9 Å². The molecule has 1 aromatic carbocycles. The third kappa shape index (κ3) is 3.54. The minimum atomic E-state index is -3.35. The first kappa shape index (κ1) is 14.8. The van der Waals surface area contributed by atoms with Gasteiger partial charge in [0.05, 0.1) is 4.90 Å². The van der Waals surface area contributed by atoms with Crippen LogP contribution in [0.4, 0.5) is 0 Å². The largest absolute Gasteiger partial charge is 0.310 e. The third-order valence-corrected chi connectivity index (χ3v) is 6.01. The Kier molecular flexibility index (Phi) is 4.15. The number of hydrogen-bond donors (Lipinski definition) is 1. The fourth-order valence-corrected chi connectivity index (χ4v) is 3.83. The number of benzene rings is 1. The maximum atomic E-state index is 12.6. The van der Waals surface area contributed by atoms with Crippen molar-refractivity contribution in [2.24, 2.45) is 0 Å². The average Bonchev–Trinajstić information content (AvgIpc) is 3.30. The zero-order valence-corrected chi connectivity index (χ0v) is 13.2. The van der Waals surface area contributed by atoms with Gasteiger partial charge in [-0.1, -0.05) is 23.8 Å². The Morgan fingerprint density at radius 1 is 1.24 bits per heavy atom. The summed E-state index contributed by atoms with van der Waals surface area (Å²) in [7, 11) is -3.35. The molecule has 5 heteroatoms. The van der Waals surface area contributed by atoms with Crippen molar-refractivity contribution in [2.45, 2.75) is 43.7 Å². The van der Waals surface area contributed by atoms with Crippen LogP contribution >= 0.6 is 0 Å². The molecule has 114 valence electrons. The minimum absolute atomic E-state index is 0.394. The maximum absolute atomic E-state index is 12.6. The summed E-state index contributed by atoms with van der Waals surface area (Å²) in [6.07, 6.45) is 5.33. The molecule has 1 aromatic rings. The quantitative estimate of drug-likeness (QED) is 0.849. The Balaban J connectivity index is 1.69. The van der Waals surface area contributed by atoms with E-state index >= 15 is 0 Å². The molecular formula is C16H22N2O2S. The van der Waals surface area contributed by atoms with Crippen LogP contribution in [0, 0.1) is 0 Å². The molecule has 4 nitrogen and oxygen atoms in total. The van der Waals surface area contributed by atoms with E-state index in [1.165, 1.54) is 18.4 Å². The molecule has 1 aliphatic carbocycles. The molecule has 0 radical (unpaired) electrons. The molecule has 0 unspecified atom stereocenters. The second-order valence-corrected chi connectivity index (χ2v) is 7.90. The Morgan fingerprint density at radius 2 is 1.95 bits per heavy atom. The van der Waals surface area contributed by atoms with E-state index in [0.29, 0.717) is 24.0 Å². The lowest BCUT2D eigenvalue weighted by atomic mass is 10.1. The van der Waals surface area contributed by atoms with Crippen LogP contribution in [-0.2, 0) is 16.6 Å². The number of sulfonamides is 1. The van der Waals surface area contributed by atoms with Gasteiger partial charge in [-0.3, -0.25) is 0 Å². The van der Waals surface area contributed by atoms with Crippen molar-refractivity contribution in [3.05, 3.63) is 41.5 Å². The SMILES string of the molecule is CC1=CCN(S(=O)(=O)c2ccc(CNC3CC3)cc2)CC1. The first-order chi connectivity index (χ1) is 10.1. The summed E-state index contributed by atoms with van der Waals surface area (Å²) >= 11 is 0. The number of nitrogens with one attached hydrogen (secondary N) is 1. The van der Waals surface area contributed by atoms with Gasteiger partial charge in [0.25, 0.3) is 0 Å². The lowest BCUT2D eigenvalue weighted by molar-refractivity contribution is 0.431. The van der Waals surface area contributed by atoms with Crippen molar-refractivity contribution in [3.63, 3.8) is 0 Å². The van der Waals surface area contributed by atoms with E-state index in [0.717, 1.165) is 18.5 Å². The molecule has 0 aromatic heterocycles. The molecular weight excluding hydrogens is 284 g/mol. The van der Waals surface area contributed by atoms with Gasteiger partial charge in [-0.25, -0.2) is 8.42 Å². The molecule has 1 fully saturated rings. The molecule has 0 amide bonds. The normalized spacial score (nSPS) is 20.3. The van der Waals surface area contributed by atoms with Crippen LogP contribution < -0.4 is 5.32 Å². The van der Waals surface area contributed by atoms with Crippen molar-refractivity contribution in [1.82, 2.24) is 9.62 Å². The van der Waals surface area contributed by atoms with Crippen LogP contribution in [-0.4, -0.2) is 31.9 Å². The Bertz CT molecular complexity index is 631. The van der Waals surface area contributed by atoms with E-state index in [4.69, 9.17) is 0 Å². The Morgan fingerprint density at radius 3 is 2.52 bits per heavy atom. The molecule has 1 heterocycles. The van der Waals surface area contributed by atoms with Gasteiger partial charge in [0, 0.05) is 25.7 Å². The van der Waals surface area contributed by atoms with Crippen molar-refractivity contribution < 1.29 is 8.42 Å². The Labute approximate surface area is 126 Å². The van der Waals surface area contributed by atoms with Gasteiger partial charge >= 0.3 is 0 Å². The van der Waals surface area contributed by atoms with Gasteiger partial charge in [0.15, 0.2) is 0 Å². The Hall–Kier alpha value is -1.17. The summed E-state index contributed by atoms with van der Waals surface area (Å²) in [5.74, 6) is 0. The molecule has 0 spiro atoms. The highest BCUT2D eigenvalue weighted by molar-refractivity contribution is 7.89. The van der Waals surface area contributed by atoms with Crippen LogP contribution in [0.25, 0.3) is 0 Å². The lowest BCUT2D eigenvalue weighted by Gasteiger charge is -2.24. The smallest absolute Gasteiger partial charge is 0.243 e. The minimum Gasteiger partial charge on any atom is -0.310 e. The van der Waals surface area contributed by atoms with Gasteiger partial charge in [-0.15, -0.1) is 0 Å². The predicted octanol–water partition coefficient (Wildman–Crippen LogP) is 2.28. The zero-order chi connectivity index (χ0) is 14.9. The van der Waals surface area contributed by atoms with E-state index in [1.807, 2.05) is 25.1 Å². The van der Waals surface area contributed by atoms with Gasteiger partial charge < -0.3 is 5.32 Å². The number of nitrogens with zero attached hydrogens (tertiary/aromatic N) is 1. The molecule has 21 heavy (non-hydrogen) atoms. The molecule has 1 N–H and O–H groups in total. The molecule has 0 bridgehead atoms. The van der Waals surface area contributed by atoms with Crippen molar-refractivity contribution in [2.75, 3.05) is 13.1 Å². The van der Waals surface area contributed by atoms with Gasteiger partial charge in [0.1, 0.15) is 0 Å². The summed E-state index contributed by atoms with van der Waals surface area (Å²) < 4.78 is 26.7. The van der Waals surface area contributed by atoms with Gasteiger partial charge in [-0.2, -0.15) is 4.31 Å². The maximum Gasteiger partial charge on any atom is 0.243 e. The topological polar surface area (TPSA) is 49.4 Å². The zero-order valence-electron chi connectivity index (χ0n) is 12.4. The fourth-order valence-electron chi connectivity index (χ4n) is 2.45. The number of rotatable bonds is 5. The van der Waals surface area contributed by atoms with E-state index in [2.05, 4.69) is 5.32 Å².